The summed E-state index contributed by atoms with van der Waals surface area (Å²) in [5.74, 6) is 0.748. The lowest BCUT2D eigenvalue weighted by Crippen LogP contribution is -2.14. The van der Waals surface area contributed by atoms with Crippen molar-refractivity contribution in [1.82, 2.24) is 4.98 Å². The average Bonchev–Trinajstić information content (AvgIpc) is 2.87. The molecule has 5 nitrogen and oxygen atoms in total. The molecule has 0 saturated carbocycles. The number of hydrogen-bond donors (Lipinski definition) is 1. The van der Waals surface area contributed by atoms with Crippen molar-refractivity contribution in [2.45, 2.75) is 25.7 Å². The third kappa shape index (κ3) is 3.37. The second kappa shape index (κ2) is 6.41. The van der Waals surface area contributed by atoms with Gasteiger partial charge in [-0.05, 0) is 50.6 Å². The molecule has 24 heavy (non-hydrogen) atoms. The first kappa shape index (κ1) is 16.7. The zero-order valence-electron chi connectivity index (χ0n) is 13.7. The number of nitrogens with zero attached hydrogens (tertiary/aromatic N) is 1. The number of benzene rings is 2. The van der Waals surface area contributed by atoms with Crippen molar-refractivity contribution in [1.29, 1.82) is 0 Å². The van der Waals surface area contributed by atoms with Gasteiger partial charge in [0, 0.05) is 0 Å². The standard InChI is InChI=1S/C17H18N2O3S2/c1-4-22-13-6-7-14-15(10-13)23-17(18-14)19-24(20,21)16-8-5-11(2)9-12(16)3/h5-10H,4H2,1-3H3,(H,18,19). The van der Waals surface area contributed by atoms with Gasteiger partial charge in [-0.25, -0.2) is 13.4 Å². The predicted molar refractivity (Wildman–Crippen MR) is 97.5 cm³/mol. The summed E-state index contributed by atoms with van der Waals surface area (Å²) < 4.78 is 34.1. The smallest absolute Gasteiger partial charge is 0.263 e. The first-order valence-electron chi connectivity index (χ1n) is 7.52. The van der Waals surface area contributed by atoms with Crippen molar-refractivity contribution in [3.8, 4) is 5.75 Å². The second-order valence-electron chi connectivity index (χ2n) is 5.46. The van der Waals surface area contributed by atoms with Crippen LogP contribution >= 0.6 is 11.3 Å². The van der Waals surface area contributed by atoms with Gasteiger partial charge < -0.3 is 4.74 Å². The van der Waals surface area contributed by atoms with Gasteiger partial charge in [-0.15, -0.1) is 0 Å². The maximum Gasteiger partial charge on any atom is 0.263 e. The molecule has 0 spiro atoms. The van der Waals surface area contributed by atoms with E-state index in [9.17, 15) is 8.42 Å². The molecule has 1 N–H and O–H groups in total. The highest BCUT2D eigenvalue weighted by atomic mass is 32.2. The lowest BCUT2D eigenvalue weighted by molar-refractivity contribution is 0.341. The summed E-state index contributed by atoms with van der Waals surface area (Å²) in [6.45, 7) is 6.21. The number of sulfonamides is 1. The van der Waals surface area contributed by atoms with E-state index in [1.165, 1.54) is 11.3 Å². The van der Waals surface area contributed by atoms with E-state index in [-0.39, 0.29) is 4.90 Å². The number of rotatable bonds is 5. The Morgan fingerprint density at radius 2 is 1.96 bits per heavy atom. The molecule has 1 aromatic heterocycles. The van der Waals surface area contributed by atoms with Crippen molar-refractivity contribution >= 4 is 36.7 Å². The van der Waals surface area contributed by atoms with Gasteiger partial charge in [-0.3, -0.25) is 4.72 Å². The number of anilines is 1. The molecule has 3 aromatic rings. The Balaban J connectivity index is 1.93. The Morgan fingerprint density at radius 1 is 1.17 bits per heavy atom. The second-order valence-corrected chi connectivity index (χ2v) is 8.14. The third-order valence-electron chi connectivity index (χ3n) is 3.51. The molecule has 0 aliphatic carbocycles. The molecule has 0 unspecified atom stereocenters. The van der Waals surface area contributed by atoms with Crippen LogP contribution in [0.1, 0.15) is 18.1 Å². The average molecular weight is 362 g/mol. The number of aromatic nitrogens is 1. The Bertz CT molecular complexity index is 994. The Hall–Kier alpha value is -2.12. The predicted octanol–water partition coefficient (Wildman–Crippen LogP) is 4.11. The van der Waals surface area contributed by atoms with Crippen LogP contribution in [0.2, 0.25) is 0 Å². The van der Waals surface area contributed by atoms with Gasteiger partial charge in [0.05, 0.1) is 21.7 Å². The van der Waals surface area contributed by atoms with E-state index < -0.39 is 10.0 Å². The maximum absolute atomic E-state index is 12.6. The van der Waals surface area contributed by atoms with Crippen LogP contribution in [0.4, 0.5) is 5.13 Å². The normalized spacial score (nSPS) is 11.6. The molecule has 0 atom stereocenters. The third-order valence-corrected chi connectivity index (χ3v) is 6.07. The topological polar surface area (TPSA) is 68.3 Å². The minimum Gasteiger partial charge on any atom is -0.494 e. The highest BCUT2D eigenvalue weighted by Crippen LogP contribution is 2.31. The zero-order valence-corrected chi connectivity index (χ0v) is 15.3. The summed E-state index contributed by atoms with van der Waals surface area (Å²) in [6.07, 6.45) is 0. The fraction of sp³-hybridized carbons (Fsp3) is 0.235. The molecule has 126 valence electrons. The largest absolute Gasteiger partial charge is 0.494 e. The maximum atomic E-state index is 12.6. The highest BCUT2D eigenvalue weighted by Gasteiger charge is 2.19. The Morgan fingerprint density at radius 3 is 2.67 bits per heavy atom. The minimum absolute atomic E-state index is 0.266. The van der Waals surface area contributed by atoms with E-state index in [0.29, 0.717) is 17.3 Å². The number of fused-ring (bicyclic) bond motifs is 1. The van der Waals surface area contributed by atoms with Gasteiger partial charge in [0.2, 0.25) is 0 Å². The Kier molecular flexibility index (Phi) is 4.47. The summed E-state index contributed by atoms with van der Waals surface area (Å²) in [7, 11) is -3.66. The van der Waals surface area contributed by atoms with Gasteiger partial charge in [0.25, 0.3) is 10.0 Å². The quantitative estimate of drug-likeness (QED) is 0.741. The minimum atomic E-state index is -3.66. The van der Waals surface area contributed by atoms with Gasteiger partial charge in [0.15, 0.2) is 5.13 Å². The summed E-state index contributed by atoms with van der Waals surface area (Å²) in [5.41, 5.74) is 2.47. The summed E-state index contributed by atoms with van der Waals surface area (Å²) in [6, 6.07) is 10.8. The van der Waals surface area contributed by atoms with Crippen LogP contribution in [0.25, 0.3) is 10.2 Å². The lowest BCUT2D eigenvalue weighted by atomic mass is 10.2. The van der Waals surface area contributed by atoms with Crippen LogP contribution in [-0.2, 0) is 10.0 Å². The lowest BCUT2D eigenvalue weighted by Gasteiger charge is -2.08. The summed E-state index contributed by atoms with van der Waals surface area (Å²) in [5, 5.41) is 0.346. The van der Waals surface area contributed by atoms with Gasteiger partial charge in [-0.1, -0.05) is 29.0 Å². The van der Waals surface area contributed by atoms with E-state index in [2.05, 4.69) is 9.71 Å². The number of ether oxygens (including phenoxy) is 1. The van der Waals surface area contributed by atoms with Gasteiger partial charge in [0.1, 0.15) is 5.75 Å². The van der Waals surface area contributed by atoms with Crippen LogP contribution in [0.15, 0.2) is 41.3 Å². The summed E-state index contributed by atoms with van der Waals surface area (Å²) in [4.78, 5) is 4.61. The number of nitrogens with one attached hydrogen (secondary N) is 1. The van der Waals surface area contributed by atoms with E-state index >= 15 is 0 Å². The molecule has 3 rings (SSSR count). The molecule has 7 heteroatoms. The molecular weight excluding hydrogens is 344 g/mol. The van der Waals surface area contributed by atoms with Crippen molar-refractivity contribution in [3.63, 3.8) is 0 Å². The van der Waals surface area contributed by atoms with E-state index in [0.717, 1.165) is 21.5 Å². The van der Waals surface area contributed by atoms with Crippen molar-refractivity contribution < 1.29 is 13.2 Å². The van der Waals surface area contributed by atoms with Crippen LogP contribution in [0, 0.1) is 13.8 Å². The van der Waals surface area contributed by atoms with Gasteiger partial charge in [-0.2, -0.15) is 0 Å². The molecule has 0 fully saturated rings. The van der Waals surface area contributed by atoms with E-state index in [1.54, 1.807) is 19.1 Å². The zero-order chi connectivity index (χ0) is 17.3. The van der Waals surface area contributed by atoms with Crippen molar-refractivity contribution in [3.05, 3.63) is 47.5 Å². The fourth-order valence-electron chi connectivity index (χ4n) is 2.48. The van der Waals surface area contributed by atoms with E-state index in [4.69, 9.17) is 4.74 Å². The van der Waals surface area contributed by atoms with Crippen molar-refractivity contribution in [2.24, 2.45) is 0 Å². The monoisotopic (exact) mass is 362 g/mol. The van der Waals surface area contributed by atoms with Crippen LogP contribution in [0.3, 0.4) is 0 Å². The number of thiazole rings is 1. The Labute approximate surface area is 145 Å². The molecular formula is C17H18N2O3S2. The molecule has 0 amide bonds. The van der Waals surface area contributed by atoms with Crippen LogP contribution in [-0.4, -0.2) is 20.0 Å². The summed E-state index contributed by atoms with van der Waals surface area (Å²) >= 11 is 1.29. The number of aryl methyl sites for hydroxylation is 2. The first-order chi connectivity index (χ1) is 11.4. The SMILES string of the molecule is CCOc1ccc2nc(NS(=O)(=O)c3ccc(C)cc3C)sc2c1. The molecule has 0 aliphatic rings. The van der Waals surface area contributed by atoms with Crippen molar-refractivity contribution in [2.75, 3.05) is 11.3 Å². The molecule has 0 saturated heterocycles. The molecule has 0 aliphatic heterocycles. The van der Waals surface area contributed by atoms with Gasteiger partial charge >= 0.3 is 0 Å². The van der Waals surface area contributed by atoms with Crippen LogP contribution < -0.4 is 9.46 Å². The molecule has 2 aromatic carbocycles. The molecule has 1 heterocycles. The highest BCUT2D eigenvalue weighted by molar-refractivity contribution is 7.93. The molecule has 0 bridgehead atoms. The fourth-order valence-corrected chi connectivity index (χ4v) is 4.83. The van der Waals surface area contributed by atoms with Crippen LogP contribution in [0.5, 0.6) is 5.75 Å². The van der Waals surface area contributed by atoms with E-state index in [1.807, 2.05) is 38.1 Å². The molecule has 0 radical (unpaired) electrons. The number of hydrogen-bond acceptors (Lipinski definition) is 5. The first-order valence-corrected chi connectivity index (χ1v) is 9.82.